The molecule has 0 saturated heterocycles. The SMILES string of the molecule is COc1ccc(C2c3nc[nH]c3CCN2C(=O)C(C)n2cc(Cl)cn2)cc1. The highest BCUT2D eigenvalue weighted by atomic mass is 35.5. The number of nitrogens with one attached hydrogen (secondary N) is 1. The summed E-state index contributed by atoms with van der Waals surface area (Å²) in [5, 5.41) is 4.69. The number of amides is 1. The highest BCUT2D eigenvalue weighted by molar-refractivity contribution is 6.30. The van der Waals surface area contributed by atoms with Gasteiger partial charge in [-0.05, 0) is 24.6 Å². The minimum atomic E-state index is -0.459. The van der Waals surface area contributed by atoms with Crippen LogP contribution in [-0.2, 0) is 11.2 Å². The van der Waals surface area contributed by atoms with Gasteiger partial charge in [-0.15, -0.1) is 0 Å². The number of hydrogen-bond donors (Lipinski definition) is 1. The maximum Gasteiger partial charge on any atom is 0.247 e. The van der Waals surface area contributed by atoms with Gasteiger partial charge in [0.1, 0.15) is 17.8 Å². The number of nitrogens with zero attached hydrogens (tertiary/aromatic N) is 4. The third-order valence-corrected chi connectivity index (χ3v) is 5.16. The summed E-state index contributed by atoms with van der Waals surface area (Å²) in [4.78, 5) is 22.9. The van der Waals surface area contributed by atoms with E-state index in [1.54, 1.807) is 24.3 Å². The molecule has 0 saturated carbocycles. The maximum atomic E-state index is 13.3. The molecule has 0 fully saturated rings. The van der Waals surface area contributed by atoms with Gasteiger partial charge in [-0.2, -0.15) is 5.10 Å². The smallest absolute Gasteiger partial charge is 0.247 e. The number of carbonyl (C=O) groups excluding carboxylic acids is 1. The number of imidazole rings is 1. The fourth-order valence-corrected chi connectivity index (χ4v) is 3.66. The van der Waals surface area contributed by atoms with E-state index in [1.165, 1.54) is 6.20 Å². The molecular weight excluding hydrogens is 366 g/mol. The van der Waals surface area contributed by atoms with Crippen LogP contribution in [0.2, 0.25) is 5.02 Å². The molecule has 0 bridgehead atoms. The zero-order valence-corrected chi connectivity index (χ0v) is 15.8. The van der Waals surface area contributed by atoms with Gasteiger partial charge in [-0.1, -0.05) is 23.7 Å². The van der Waals surface area contributed by atoms with Crippen molar-refractivity contribution >= 4 is 17.5 Å². The molecule has 0 aliphatic carbocycles. The van der Waals surface area contributed by atoms with Crippen molar-refractivity contribution in [2.75, 3.05) is 13.7 Å². The lowest BCUT2D eigenvalue weighted by Crippen LogP contribution is -2.43. The Kier molecular flexibility index (Phi) is 4.61. The summed E-state index contributed by atoms with van der Waals surface area (Å²) in [5.41, 5.74) is 2.93. The van der Waals surface area contributed by atoms with Crippen molar-refractivity contribution < 1.29 is 9.53 Å². The first-order valence-electron chi connectivity index (χ1n) is 8.74. The molecule has 1 N–H and O–H groups in total. The molecule has 2 unspecified atom stereocenters. The van der Waals surface area contributed by atoms with Crippen LogP contribution in [-0.4, -0.2) is 44.2 Å². The minimum Gasteiger partial charge on any atom is -0.497 e. The molecule has 3 aromatic rings. The molecule has 3 heterocycles. The number of benzene rings is 1. The molecule has 1 amide bonds. The third kappa shape index (κ3) is 3.19. The Bertz CT molecular complexity index is 949. The molecule has 1 aromatic carbocycles. The lowest BCUT2D eigenvalue weighted by Gasteiger charge is -2.36. The van der Waals surface area contributed by atoms with Gasteiger partial charge in [-0.3, -0.25) is 9.48 Å². The van der Waals surface area contributed by atoms with Crippen molar-refractivity contribution in [3.05, 3.63) is 65.0 Å². The Hall–Kier alpha value is -2.80. The second-order valence-electron chi connectivity index (χ2n) is 6.54. The number of methoxy groups -OCH3 is 1. The van der Waals surface area contributed by atoms with Crippen LogP contribution in [0, 0.1) is 0 Å². The van der Waals surface area contributed by atoms with E-state index < -0.39 is 6.04 Å². The number of hydrogen-bond acceptors (Lipinski definition) is 4. The standard InChI is InChI=1S/C19H20ClN5O2/c1-12(25-10-14(20)9-23-25)19(26)24-8-7-16-17(22-11-21-16)18(24)13-3-5-15(27-2)6-4-13/h3-6,9-12,18H,7-8H2,1-2H3,(H,21,22). The second kappa shape index (κ2) is 7.08. The van der Waals surface area contributed by atoms with Crippen molar-refractivity contribution in [1.29, 1.82) is 0 Å². The summed E-state index contributed by atoms with van der Waals surface area (Å²) in [6.07, 6.45) is 5.62. The van der Waals surface area contributed by atoms with E-state index in [9.17, 15) is 4.79 Å². The molecule has 7 nitrogen and oxygen atoms in total. The second-order valence-corrected chi connectivity index (χ2v) is 6.97. The number of rotatable bonds is 4. The summed E-state index contributed by atoms with van der Waals surface area (Å²) >= 11 is 5.97. The van der Waals surface area contributed by atoms with Gasteiger partial charge < -0.3 is 14.6 Å². The van der Waals surface area contributed by atoms with Gasteiger partial charge in [0.25, 0.3) is 0 Å². The largest absolute Gasteiger partial charge is 0.497 e. The summed E-state index contributed by atoms with van der Waals surface area (Å²) in [7, 11) is 1.63. The predicted octanol–water partition coefficient (Wildman–Crippen LogP) is 3.00. The number of ether oxygens (including phenoxy) is 1. The number of aromatic amines is 1. The van der Waals surface area contributed by atoms with Crippen LogP contribution in [0.25, 0.3) is 0 Å². The van der Waals surface area contributed by atoms with Gasteiger partial charge in [0.2, 0.25) is 5.91 Å². The van der Waals surface area contributed by atoms with E-state index in [2.05, 4.69) is 15.1 Å². The van der Waals surface area contributed by atoms with Crippen molar-refractivity contribution in [2.24, 2.45) is 0 Å². The van der Waals surface area contributed by atoms with Crippen molar-refractivity contribution in [3.8, 4) is 5.75 Å². The van der Waals surface area contributed by atoms with E-state index in [0.29, 0.717) is 11.6 Å². The molecule has 1 aliphatic rings. The Balaban J connectivity index is 1.70. The average Bonchev–Trinajstić information content (AvgIpc) is 3.35. The van der Waals surface area contributed by atoms with Crippen molar-refractivity contribution in [2.45, 2.75) is 25.4 Å². The minimum absolute atomic E-state index is 0.0239. The topological polar surface area (TPSA) is 76.0 Å². The lowest BCUT2D eigenvalue weighted by molar-refractivity contribution is -0.136. The molecule has 140 valence electrons. The fourth-order valence-electron chi connectivity index (χ4n) is 3.52. The molecule has 2 atom stereocenters. The third-order valence-electron chi connectivity index (χ3n) is 4.96. The Morgan fingerprint density at radius 1 is 1.37 bits per heavy atom. The lowest BCUT2D eigenvalue weighted by atomic mass is 9.95. The zero-order valence-electron chi connectivity index (χ0n) is 15.1. The van der Waals surface area contributed by atoms with Crippen LogP contribution in [0.3, 0.4) is 0 Å². The van der Waals surface area contributed by atoms with Crippen LogP contribution in [0.1, 0.15) is 36.0 Å². The molecule has 2 aromatic heterocycles. The number of aromatic nitrogens is 4. The molecule has 27 heavy (non-hydrogen) atoms. The Morgan fingerprint density at radius 3 is 2.81 bits per heavy atom. The number of H-pyrrole nitrogens is 1. The van der Waals surface area contributed by atoms with E-state index in [-0.39, 0.29) is 11.9 Å². The molecule has 1 aliphatic heterocycles. The summed E-state index contributed by atoms with van der Waals surface area (Å²) in [6, 6.07) is 7.03. The summed E-state index contributed by atoms with van der Waals surface area (Å²) < 4.78 is 6.85. The zero-order chi connectivity index (χ0) is 19.0. The predicted molar refractivity (Wildman–Crippen MR) is 101 cm³/mol. The van der Waals surface area contributed by atoms with Crippen molar-refractivity contribution in [1.82, 2.24) is 24.6 Å². The fraction of sp³-hybridized carbons (Fsp3) is 0.316. The van der Waals surface area contributed by atoms with Gasteiger partial charge in [-0.25, -0.2) is 4.98 Å². The normalized spacial score (nSPS) is 17.4. The first kappa shape index (κ1) is 17.6. The van der Waals surface area contributed by atoms with Crippen LogP contribution in [0.15, 0.2) is 43.0 Å². The van der Waals surface area contributed by atoms with E-state index in [0.717, 1.165) is 29.1 Å². The van der Waals surface area contributed by atoms with E-state index in [1.807, 2.05) is 36.1 Å². The van der Waals surface area contributed by atoms with Gasteiger partial charge in [0.05, 0.1) is 30.4 Å². The first-order valence-corrected chi connectivity index (χ1v) is 9.12. The van der Waals surface area contributed by atoms with Crippen molar-refractivity contribution in [3.63, 3.8) is 0 Å². The highest BCUT2D eigenvalue weighted by Gasteiger charge is 2.36. The van der Waals surface area contributed by atoms with E-state index in [4.69, 9.17) is 16.3 Å². The molecule has 8 heteroatoms. The Morgan fingerprint density at radius 2 is 2.15 bits per heavy atom. The van der Waals surface area contributed by atoms with Crippen LogP contribution < -0.4 is 4.74 Å². The molecule has 0 spiro atoms. The maximum absolute atomic E-state index is 13.3. The summed E-state index contributed by atoms with van der Waals surface area (Å²) in [6.45, 7) is 2.43. The van der Waals surface area contributed by atoms with E-state index >= 15 is 0 Å². The molecular formula is C19H20ClN5O2. The van der Waals surface area contributed by atoms with Crippen LogP contribution in [0.4, 0.5) is 0 Å². The number of carbonyl (C=O) groups is 1. The van der Waals surface area contributed by atoms with Gasteiger partial charge in [0.15, 0.2) is 0 Å². The number of halogens is 1. The van der Waals surface area contributed by atoms with Crippen LogP contribution >= 0.6 is 11.6 Å². The van der Waals surface area contributed by atoms with Gasteiger partial charge >= 0.3 is 0 Å². The number of fused-ring (bicyclic) bond motifs is 1. The van der Waals surface area contributed by atoms with Crippen LogP contribution in [0.5, 0.6) is 5.75 Å². The summed E-state index contributed by atoms with van der Waals surface area (Å²) in [5.74, 6) is 0.749. The molecule has 4 rings (SSSR count). The average molecular weight is 386 g/mol. The van der Waals surface area contributed by atoms with Gasteiger partial charge in [0, 0.05) is 24.9 Å². The monoisotopic (exact) mass is 385 g/mol. The first-order chi connectivity index (χ1) is 13.1. The molecule has 0 radical (unpaired) electrons. The highest BCUT2D eigenvalue weighted by Crippen LogP contribution is 2.35. The Labute approximate surface area is 161 Å². The quantitative estimate of drug-likeness (QED) is 0.749.